The van der Waals surface area contributed by atoms with Crippen LogP contribution < -0.4 is 14.4 Å². The van der Waals surface area contributed by atoms with Crippen LogP contribution in [0.25, 0.3) is 0 Å². The van der Waals surface area contributed by atoms with Gasteiger partial charge in [0.05, 0.1) is 4.92 Å². The summed E-state index contributed by atoms with van der Waals surface area (Å²) in [6.45, 7) is 1.78. The number of non-ortho nitro benzene ring substituents is 1. The first kappa shape index (κ1) is 22.4. The molecule has 0 aliphatic carbocycles. The molecule has 3 aromatic carbocycles. The Morgan fingerprint density at radius 3 is 2.06 bits per heavy atom. The monoisotopic (exact) mass is 482 g/mol. The lowest BCUT2D eigenvalue weighted by Gasteiger charge is -2.28. The van der Waals surface area contributed by atoms with Crippen molar-refractivity contribution < 1.29 is 18.5 Å². The smallest absolute Gasteiger partial charge is 0.414 e. The number of hydrogen-bond acceptors (Lipinski definition) is 9. The van der Waals surface area contributed by atoms with Gasteiger partial charge in [-0.15, -0.1) is 10.2 Å². The zero-order chi connectivity index (χ0) is 23.3. The Hall–Kier alpha value is -3.75. The first-order valence-corrected chi connectivity index (χ1v) is 12.3. The number of anilines is 1. The molecule has 0 amide bonds. The highest BCUT2D eigenvalue weighted by atomic mass is 32.1. The van der Waals surface area contributed by atoms with Gasteiger partial charge in [0, 0.05) is 12.1 Å². The van der Waals surface area contributed by atoms with E-state index in [0.29, 0.717) is 27.2 Å². The standard InChI is InChI=1S/C22H19N4O5PS/c1-16-24-25-22(33-16)23-21(17-9-8-10-18(15-17)26(27)28)32(29,30-19-11-4-2-5-12-19)31-20-13-6-3-7-14-20/h2-15,21H,1H3,(H,23,25). The van der Waals surface area contributed by atoms with Crippen molar-refractivity contribution in [2.75, 3.05) is 5.32 Å². The summed E-state index contributed by atoms with van der Waals surface area (Å²) < 4.78 is 26.3. The molecule has 0 aliphatic rings. The van der Waals surface area contributed by atoms with Crippen LogP contribution in [0.3, 0.4) is 0 Å². The van der Waals surface area contributed by atoms with E-state index in [1.165, 1.54) is 29.5 Å². The molecule has 4 aromatic rings. The summed E-state index contributed by atoms with van der Waals surface area (Å²) in [7, 11) is -4.10. The fraction of sp³-hybridized carbons (Fsp3) is 0.0909. The van der Waals surface area contributed by atoms with E-state index >= 15 is 0 Å². The number of para-hydroxylation sites is 2. The molecule has 0 spiro atoms. The molecule has 9 nitrogen and oxygen atoms in total. The van der Waals surface area contributed by atoms with Gasteiger partial charge in [0.15, 0.2) is 5.78 Å². The third-order valence-electron chi connectivity index (χ3n) is 4.45. The third kappa shape index (κ3) is 5.54. The number of rotatable bonds is 9. The number of nitrogens with zero attached hydrogens (tertiary/aromatic N) is 3. The van der Waals surface area contributed by atoms with Crippen LogP contribution in [0, 0.1) is 17.0 Å². The first-order valence-electron chi connectivity index (χ1n) is 9.83. The van der Waals surface area contributed by atoms with E-state index in [1.54, 1.807) is 73.7 Å². The Kier molecular flexibility index (Phi) is 6.67. The summed E-state index contributed by atoms with van der Waals surface area (Å²) in [5.74, 6) is -0.477. The second kappa shape index (κ2) is 9.81. The average molecular weight is 482 g/mol. The van der Waals surface area contributed by atoms with E-state index in [2.05, 4.69) is 15.5 Å². The maximum absolute atomic E-state index is 14.4. The highest BCUT2D eigenvalue weighted by Gasteiger charge is 2.42. The van der Waals surface area contributed by atoms with Crippen molar-refractivity contribution in [3.63, 3.8) is 0 Å². The molecule has 1 aromatic heterocycles. The van der Waals surface area contributed by atoms with Gasteiger partial charge in [-0.3, -0.25) is 10.1 Å². The predicted molar refractivity (Wildman–Crippen MR) is 126 cm³/mol. The zero-order valence-electron chi connectivity index (χ0n) is 17.4. The van der Waals surface area contributed by atoms with E-state index < -0.39 is 18.3 Å². The van der Waals surface area contributed by atoms with Crippen molar-refractivity contribution in [2.45, 2.75) is 12.7 Å². The predicted octanol–water partition coefficient (Wildman–Crippen LogP) is 6.22. The van der Waals surface area contributed by atoms with Crippen LogP contribution in [0.2, 0.25) is 0 Å². The van der Waals surface area contributed by atoms with Gasteiger partial charge in [-0.25, -0.2) is 4.57 Å². The van der Waals surface area contributed by atoms with Crippen LogP contribution >= 0.6 is 18.9 Å². The number of nitro benzene ring substituents is 1. The van der Waals surface area contributed by atoms with Crippen molar-refractivity contribution >= 4 is 29.8 Å². The number of benzene rings is 3. The quantitative estimate of drug-likeness (QED) is 0.170. The highest BCUT2D eigenvalue weighted by Crippen LogP contribution is 2.60. The molecule has 0 radical (unpaired) electrons. The van der Waals surface area contributed by atoms with Crippen LogP contribution in [-0.4, -0.2) is 15.1 Å². The van der Waals surface area contributed by atoms with Gasteiger partial charge in [0.2, 0.25) is 5.13 Å². The zero-order valence-corrected chi connectivity index (χ0v) is 19.1. The lowest BCUT2D eigenvalue weighted by Crippen LogP contribution is -2.18. The van der Waals surface area contributed by atoms with E-state index in [0.717, 1.165) is 0 Å². The molecule has 0 aliphatic heterocycles. The lowest BCUT2D eigenvalue weighted by molar-refractivity contribution is -0.384. The Balaban J connectivity index is 1.83. The summed E-state index contributed by atoms with van der Waals surface area (Å²) >= 11 is 1.25. The molecular formula is C22H19N4O5PS. The Morgan fingerprint density at radius 1 is 0.939 bits per heavy atom. The Morgan fingerprint density at radius 2 is 1.55 bits per heavy atom. The minimum Gasteiger partial charge on any atom is -0.414 e. The second-order valence-electron chi connectivity index (χ2n) is 6.87. The van der Waals surface area contributed by atoms with Gasteiger partial charge in [-0.05, 0) is 36.8 Å². The lowest BCUT2D eigenvalue weighted by atomic mass is 10.2. The van der Waals surface area contributed by atoms with Gasteiger partial charge in [0.25, 0.3) is 5.69 Å². The molecular weight excluding hydrogens is 463 g/mol. The third-order valence-corrected chi connectivity index (χ3v) is 7.21. The van der Waals surface area contributed by atoms with Crippen molar-refractivity contribution in [1.29, 1.82) is 0 Å². The van der Waals surface area contributed by atoms with Crippen LogP contribution in [0.5, 0.6) is 11.5 Å². The topological polar surface area (TPSA) is 116 Å². The second-order valence-corrected chi connectivity index (χ2v) is 10.0. The molecule has 168 valence electrons. The number of nitro groups is 1. The highest BCUT2D eigenvalue weighted by molar-refractivity contribution is 7.55. The van der Waals surface area contributed by atoms with Crippen molar-refractivity contribution in [3.8, 4) is 11.5 Å². The van der Waals surface area contributed by atoms with Gasteiger partial charge >= 0.3 is 7.60 Å². The molecule has 1 atom stereocenters. The van der Waals surface area contributed by atoms with Crippen LogP contribution in [0.4, 0.5) is 10.8 Å². The van der Waals surface area contributed by atoms with Crippen molar-refractivity contribution in [2.24, 2.45) is 0 Å². The molecule has 1 unspecified atom stereocenters. The Labute approximate surface area is 193 Å². The maximum Gasteiger partial charge on any atom is 0.457 e. The number of nitrogens with one attached hydrogen (secondary N) is 1. The van der Waals surface area contributed by atoms with Crippen LogP contribution in [0.1, 0.15) is 16.4 Å². The van der Waals surface area contributed by atoms with E-state index in [-0.39, 0.29) is 5.69 Å². The summed E-state index contributed by atoms with van der Waals surface area (Å²) in [5.41, 5.74) is 0.186. The molecule has 1 heterocycles. The molecule has 4 rings (SSSR count). The summed E-state index contributed by atoms with van der Waals surface area (Å²) in [6.07, 6.45) is 0. The molecule has 11 heteroatoms. The molecule has 0 bridgehead atoms. The SMILES string of the molecule is Cc1nnc(NC(c2cccc([N+](=O)[O-])c2)P(=O)(Oc2ccccc2)Oc2ccccc2)s1. The van der Waals surface area contributed by atoms with E-state index in [9.17, 15) is 14.7 Å². The van der Waals surface area contributed by atoms with Gasteiger partial charge < -0.3 is 14.4 Å². The summed E-state index contributed by atoms with van der Waals surface area (Å²) in [5, 5.41) is 23.6. The summed E-state index contributed by atoms with van der Waals surface area (Å²) in [4.78, 5) is 10.9. The maximum atomic E-state index is 14.4. The van der Waals surface area contributed by atoms with Crippen molar-refractivity contribution in [3.05, 3.63) is 106 Å². The molecule has 0 fully saturated rings. The fourth-order valence-corrected chi connectivity index (χ4v) is 5.60. The Bertz CT molecular complexity index is 1240. The van der Waals surface area contributed by atoms with Crippen molar-refractivity contribution in [1.82, 2.24) is 10.2 Å². The largest absolute Gasteiger partial charge is 0.457 e. The number of aryl methyl sites for hydroxylation is 1. The normalized spacial score (nSPS) is 12.0. The van der Waals surface area contributed by atoms with E-state index in [4.69, 9.17) is 9.05 Å². The fourth-order valence-electron chi connectivity index (χ4n) is 3.01. The van der Waals surface area contributed by atoms with Crippen LogP contribution in [-0.2, 0) is 4.57 Å². The van der Waals surface area contributed by atoms with Gasteiger partial charge in [0.1, 0.15) is 16.5 Å². The molecule has 33 heavy (non-hydrogen) atoms. The minimum absolute atomic E-state index is 0.154. The number of aromatic nitrogens is 2. The average Bonchev–Trinajstić information content (AvgIpc) is 3.23. The van der Waals surface area contributed by atoms with Gasteiger partial charge in [-0.2, -0.15) is 0 Å². The number of hydrogen-bond donors (Lipinski definition) is 1. The minimum atomic E-state index is -4.10. The van der Waals surface area contributed by atoms with Gasteiger partial charge in [-0.1, -0.05) is 59.9 Å². The van der Waals surface area contributed by atoms with E-state index in [1.807, 2.05) is 0 Å². The summed E-state index contributed by atoms with van der Waals surface area (Å²) in [6, 6.07) is 23.0. The molecule has 0 saturated heterocycles. The first-order chi connectivity index (χ1) is 15.9. The molecule has 1 N–H and O–H groups in total. The molecule has 0 saturated carbocycles. The van der Waals surface area contributed by atoms with Crippen LogP contribution in [0.15, 0.2) is 84.9 Å².